The number of halogens is 2. The molecule has 0 aromatic heterocycles. The van der Waals surface area contributed by atoms with Gasteiger partial charge in [0.2, 0.25) is 0 Å². The van der Waals surface area contributed by atoms with E-state index in [1.807, 2.05) is 12.1 Å². The first-order valence-corrected chi connectivity index (χ1v) is 10.2. The molecule has 152 valence electrons. The Labute approximate surface area is 188 Å². The summed E-state index contributed by atoms with van der Waals surface area (Å²) in [6.45, 7) is 9.35. The van der Waals surface area contributed by atoms with E-state index in [0.29, 0.717) is 24.7 Å². The Balaban J connectivity index is 0.00000364. The number of nitrogens with one attached hydrogen (secondary N) is 3. The second-order valence-electron chi connectivity index (χ2n) is 6.33. The Bertz CT molecular complexity index is 596. The molecule has 0 bridgehead atoms. The summed E-state index contributed by atoms with van der Waals surface area (Å²) in [7, 11) is 0. The molecule has 6 nitrogen and oxygen atoms in total. The quantitative estimate of drug-likeness (QED) is 0.201. The van der Waals surface area contributed by atoms with Crippen LogP contribution in [-0.4, -0.2) is 62.1 Å². The number of hydrogen-bond acceptors (Lipinski definition) is 3. The summed E-state index contributed by atoms with van der Waals surface area (Å²) < 4.78 is 0.964. The van der Waals surface area contributed by atoms with Crippen molar-refractivity contribution in [2.45, 2.75) is 32.7 Å². The van der Waals surface area contributed by atoms with Crippen LogP contribution in [0.4, 0.5) is 0 Å². The number of nitrogens with zero attached hydrogens (tertiary/aromatic N) is 2. The van der Waals surface area contributed by atoms with E-state index in [0.717, 1.165) is 30.1 Å². The van der Waals surface area contributed by atoms with Crippen molar-refractivity contribution >= 4 is 51.8 Å². The second kappa shape index (κ2) is 13.3. The Morgan fingerprint density at radius 1 is 1.19 bits per heavy atom. The highest BCUT2D eigenvalue weighted by Gasteiger charge is 2.22. The van der Waals surface area contributed by atoms with Gasteiger partial charge in [0.25, 0.3) is 5.91 Å². The summed E-state index contributed by atoms with van der Waals surface area (Å²) in [4.78, 5) is 19.3. The molecule has 1 amide bonds. The van der Waals surface area contributed by atoms with Gasteiger partial charge in [0.1, 0.15) is 0 Å². The summed E-state index contributed by atoms with van der Waals surface area (Å²) >= 11 is 3.37. The molecular weight excluding hydrogens is 521 g/mol. The molecule has 0 aliphatic carbocycles. The molecule has 1 aliphatic rings. The molecule has 3 N–H and O–H groups in total. The first-order valence-electron chi connectivity index (χ1n) is 9.44. The minimum absolute atomic E-state index is 0. The Kier molecular flexibility index (Phi) is 11.9. The average Bonchev–Trinajstić information content (AvgIpc) is 3.11. The fourth-order valence-corrected chi connectivity index (χ4v) is 3.38. The molecule has 1 atom stereocenters. The summed E-state index contributed by atoms with van der Waals surface area (Å²) in [6, 6.07) is 7.89. The van der Waals surface area contributed by atoms with Gasteiger partial charge >= 0.3 is 0 Å². The van der Waals surface area contributed by atoms with Gasteiger partial charge in [-0.1, -0.05) is 22.9 Å². The Morgan fingerprint density at radius 2 is 1.89 bits per heavy atom. The van der Waals surface area contributed by atoms with Crippen LogP contribution in [0.3, 0.4) is 0 Å². The van der Waals surface area contributed by atoms with E-state index < -0.39 is 0 Å². The molecule has 2 rings (SSSR count). The molecule has 1 aromatic carbocycles. The van der Waals surface area contributed by atoms with Crippen LogP contribution < -0.4 is 16.0 Å². The molecule has 1 fully saturated rings. The lowest BCUT2D eigenvalue weighted by Crippen LogP contribution is -2.42. The third-order valence-corrected chi connectivity index (χ3v) is 5.05. The van der Waals surface area contributed by atoms with Crippen LogP contribution in [0.15, 0.2) is 33.7 Å². The second-order valence-corrected chi connectivity index (χ2v) is 7.25. The van der Waals surface area contributed by atoms with Crippen LogP contribution in [0.1, 0.15) is 37.0 Å². The Hall–Kier alpha value is -0.870. The number of likely N-dealkylation sites (tertiary alicyclic amines) is 1. The van der Waals surface area contributed by atoms with Crippen LogP contribution in [0.25, 0.3) is 0 Å². The van der Waals surface area contributed by atoms with Gasteiger partial charge in [0.05, 0.1) is 6.54 Å². The SMILES string of the molecule is CCNC(=NCC1CCCN1CC)NCCNC(=O)c1ccc(Br)cc1.I. The van der Waals surface area contributed by atoms with E-state index in [9.17, 15) is 4.79 Å². The van der Waals surface area contributed by atoms with Crippen molar-refractivity contribution in [3.05, 3.63) is 34.3 Å². The predicted octanol–water partition coefficient (Wildman–Crippen LogP) is 2.84. The number of rotatable bonds is 8. The lowest BCUT2D eigenvalue weighted by atomic mass is 10.2. The standard InChI is InChI=1S/C19H30BrN5O.HI/c1-3-21-19(24-14-17-6-5-13-25(17)4-2)23-12-11-22-18(26)15-7-9-16(20)10-8-15;/h7-10,17H,3-6,11-14H2,1-2H3,(H,22,26)(H2,21,23,24);1H. The van der Waals surface area contributed by atoms with E-state index >= 15 is 0 Å². The van der Waals surface area contributed by atoms with E-state index in [1.165, 1.54) is 19.4 Å². The van der Waals surface area contributed by atoms with Crippen molar-refractivity contribution in [1.82, 2.24) is 20.9 Å². The van der Waals surface area contributed by atoms with Gasteiger partial charge in [-0.25, -0.2) is 0 Å². The number of aliphatic imine (C=N–C) groups is 1. The minimum Gasteiger partial charge on any atom is -0.357 e. The number of carbonyl (C=O) groups excluding carboxylic acids is 1. The Morgan fingerprint density at radius 3 is 2.56 bits per heavy atom. The maximum absolute atomic E-state index is 12.1. The highest BCUT2D eigenvalue weighted by Crippen LogP contribution is 2.16. The van der Waals surface area contributed by atoms with E-state index in [-0.39, 0.29) is 29.9 Å². The largest absolute Gasteiger partial charge is 0.357 e. The molecule has 0 spiro atoms. The van der Waals surface area contributed by atoms with Crippen molar-refractivity contribution in [2.75, 3.05) is 39.3 Å². The van der Waals surface area contributed by atoms with E-state index in [1.54, 1.807) is 12.1 Å². The van der Waals surface area contributed by atoms with Crippen molar-refractivity contribution in [3.8, 4) is 0 Å². The lowest BCUT2D eigenvalue weighted by Gasteiger charge is -2.21. The van der Waals surface area contributed by atoms with E-state index in [2.05, 4.69) is 50.6 Å². The maximum Gasteiger partial charge on any atom is 0.251 e. The molecule has 0 radical (unpaired) electrons. The molecule has 1 aliphatic heterocycles. The lowest BCUT2D eigenvalue weighted by molar-refractivity contribution is 0.0954. The number of guanidine groups is 1. The highest BCUT2D eigenvalue weighted by atomic mass is 127. The van der Waals surface area contributed by atoms with Gasteiger partial charge in [-0.15, -0.1) is 24.0 Å². The monoisotopic (exact) mass is 551 g/mol. The van der Waals surface area contributed by atoms with Crippen molar-refractivity contribution < 1.29 is 4.79 Å². The molecule has 1 aromatic rings. The minimum atomic E-state index is -0.0641. The van der Waals surface area contributed by atoms with Gasteiger partial charge in [0, 0.05) is 35.7 Å². The number of benzene rings is 1. The maximum atomic E-state index is 12.1. The third-order valence-electron chi connectivity index (χ3n) is 4.52. The number of hydrogen-bond donors (Lipinski definition) is 3. The normalized spacial score (nSPS) is 17.3. The topological polar surface area (TPSA) is 68.8 Å². The predicted molar refractivity (Wildman–Crippen MR) is 126 cm³/mol. The van der Waals surface area contributed by atoms with Gasteiger partial charge in [-0.05, 0) is 57.1 Å². The van der Waals surface area contributed by atoms with Crippen LogP contribution >= 0.6 is 39.9 Å². The van der Waals surface area contributed by atoms with Crippen LogP contribution in [0.5, 0.6) is 0 Å². The average molecular weight is 552 g/mol. The summed E-state index contributed by atoms with van der Waals surface area (Å²) in [5, 5.41) is 9.48. The zero-order valence-corrected chi connectivity index (χ0v) is 20.0. The summed E-state index contributed by atoms with van der Waals surface area (Å²) in [5.41, 5.74) is 0.662. The van der Waals surface area contributed by atoms with E-state index in [4.69, 9.17) is 4.99 Å². The fraction of sp³-hybridized carbons (Fsp3) is 0.579. The first-order chi connectivity index (χ1) is 12.6. The van der Waals surface area contributed by atoms with Gasteiger partial charge in [0.15, 0.2) is 5.96 Å². The zero-order valence-electron chi connectivity index (χ0n) is 16.1. The van der Waals surface area contributed by atoms with Crippen LogP contribution in [0.2, 0.25) is 0 Å². The van der Waals surface area contributed by atoms with Crippen LogP contribution in [-0.2, 0) is 0 Å². The molecule has 1 saturated heterocycles. The zero-order chi connectivity index (χ0) is 18.8. The molecule has 1 heterocycles. The third kappa shape index (κ3) is 8.35. The molecule has 0 saturated carbocycles. The summed E-state index contributed by atoms with van der Waals surface area (Å²) in [6.07, 6.45) is 2.49. The van der Waals surface area contributed by atoms with Gasteiger partial charge in [-0.3, -0.25) is 14.7 Å². The molecule has 1 unspecified atom stereocenters. The van der Waals surface area contributed by atoms with Crippen molar-refractivity contribution in [2.24, 2.45) is 4.99 Å². The highest BCUT2D eigenvalue weighted by molar-refractivity contribution is 14.0. The molecule has 27 heavy (non-hydrogen) atoms. The van der Waals surface area contributed by atoms with Crippen LogP contribution in [0, 0.1) is 0 Å². The molecule has 8 heteroatoms. The summed E-state index contributed by atoms with van der Waals surface area (Å²) in [5.74, 6) is 0.749. The number of carbonyl (C=O) groups is 1. The number of likely N-dealkylation sites (N-methyl/N-ethyl adjacent to an activating group) is 1. The first kappa shape index (κ1) is 24.2. The smallest absolute Gasteiger partial charge is 0.251 e. The van der Waals surface area contributed by atoms with Crippen molar-refractivity contribution in [1.29, 1.82) is 0 Å². The molecular formula is C19H31BrIN5O. The van der Waals surface area contributed by atoms with Crippen molar-refractivity contribution in [3.63, 3.8) is 0 Å². The fourth-order valence-electron chi connectivity index (χ4n) is 3.12. The number of amides is 1. The van der Waals surface area contributed by atoms with Gasteiger partial charge < -0.3 is 16.0 Å². The van der Waals surface area contributed by atoms with Gasteiger partial charge in [-0.2, -0.15) is 0 Å².